The van der Waals surface area contributed by atoms with E-state index in [1.165, 1.54) is 33.4 Å². The third-order valence-electron chi connectivity index (χ3n) is 6.99. The van der Waals surface area contributed by atoms with Crippen LogP contribution in [0, 0.1) is 26.7 Å². The quantitative estimate of drug-likeness (QED) is 0.540. The van der Waals surface area contributed by atoms with Crippen molar-refractivity contribution in [3.8, 4) is 5.75 Å². The van der Waals surface area contributed by atoms with E-state index in [1.807, 2.05) is 13.0 Å². The van der Waals surface area contributed by atoms with Gasteiger partial charge in [0.05, 0.1) is 5.41 Å². The molecule has 0 amide bonds. The van der Waals surface area contributed by atoms with Crippen LogP contribution in [0.15, 0.2) is 85.0 Å². The lowest BCUT2D eigenvalue weighted by molar-refractivity contribution is 0.450. The van der Waals surface area contributed by atoms with Gasteiger partial charge in [-0.2, -0.15) is 0 Å². The molecule has 0 aromatic heterocycles. The van der Waals surface area contributed by atoms with Crippen molar-refractivity contribution in [3.05, 3.63) is 124 Å². The Hall–Kier alpha value is -3.06. The van der Waals surface area contributed by atoms with Crippen molar-refractivity contribution in [3.63, 3.8) is 0 Å². The van der Waals surface area contributed by atoms with E-state index in [-0.39, 0.29) is 5.41 Å². The first-order chi connectivity index (χ1) is 14.0. The standard InChI is InChI=1S/C28H26O/c1-18-12-13-21(16-19(18)2)28(22-14-15-27(29)20(3)17-22)25-10-6-4-8-23(25)24-9-5-7-11-26(24)28/h4-17,23,25,29H,1-3H3. The first kappa shape index (κ1) is 18.0. The number of allylic oxidation sites excluding steroid dienone is 4. The van der Waals surface area contributed by atoms with E-state index in [4.69, 9.17) is 0 Å². The largest absolute Gasteiger partial charge is 0.508 e. The van der Waals surface area contributed by atoms with Crippen molar-refractivity contribution in [2.45, 2.75) is 32.1 Å². The van der Waals surface area contributed by atoms with Crippen LogP contribution in [0.25, 0.3) is 0 Å². The Kier molecular flexibility index (Phi) is 4.03. The summed E-state index contributed by atoms with van der Waals surface area (Å²) in [6, 6.07) is 22.0. The van der Waals surface area contributed by atoms with Crippen LogP contribution < -0.4 is 0 Å². The fourth-order valence-electron chi connectivity index (χ4n) is 5.39. The predicted octanol–water partition coefficient (Wildman–Crippen LogP) is 6.49. The molecule has 0 spiro atoms. The number of rotatable bonds is 2. The molecule has 144 valence electrons. The van der Waals surface area contributed by atoms with Gasteiger partial charge in [-0.1, -0.05) is 78.9 Å². The molecule has 1 nitrogen and oxygen atoms in total. The molecule has 0 aliphatic heterocycles. The van der Waals surface area contributed by atoms with Crippen molar-refractivity contribution < 1.29 is 5.11 Å². The molecule has 0 saturated heterocycles. The zero-order valence-corrected chi connectivity index (χ0v) is 17.2. The maximum absolute atomic E-state index is 10.2. The summed E-state index contributed by atoms with van der Waals surface area (Å²) in [6.45, 7) is 6.36. The SMILES string of the molecule is Cc1ccc(C2(c3ccc(O)c(C)c3)c3ccccc3C3C=CC=CC32)cc1C. The van der Waals surface area contributed by atoms with Crippen LogP contribution in [-0.2, 0) is 5.41 Å². The van der Waals surface area contributed by atoms with E-state index in [0.717, 1.165) is 5.56 Å². The van der Waals surface area contributed by atoms with E-state index in [9.17, 15) is 5.11 Å². The number of hydrogen-bond acceptors (Lipinski definition) is 1. The van der Waals surface area contributed by atoms with E-state index in [0.29, 0.717) is 17.6 Å². The average molecular weight is 379 g/mol. The number of aromatic hydroxyl groups is 1. The molecule has 0 saturated carbocycles. The van der Waals surface area contributed by atoms with Crippen molar-refractivity contribution in [2.24, 2.45) is 5.92 Å². The third kappa shape index (κ3) is 2.47. The topological polar surface area (TPSA) is 20.2 Å². The summed E-state index contributed by atoms with van der Waals surface area (Å²) in [5.41, 5.74) is 8.62. The fourth-order valence-corrected chi connectivity index (χ4v) is 5.39. The summed E-state index contributed by atoms with van der Waals surface area (Å²) in [5, 5.41) is 10.2. The Morgan fingerprint density at radius 2 is 1.41 bits per heavy atom. The average Bonchev–Trinajstić information content (AvgIpc) is 3.04. The van der Waals surface area contributed by atoms with Crippen LogP contribution in [0.3, 0.4) is 0 Å². The third-order valence-corrected chi connectivity index (χ3v) is 6.99. The Morgan fingerprint density at radius 1 is 0.724 bits per heavy atom. The van der Waals surface area contributed by atoms with E-state index >= 15 is 0 Å². The minimum atomic E-state index is -0.278. The molecule has 29 heavy (non-hydrogen) atoms. The van der Waals surface area contributed by atoms with Gasteiger partial charge in [-0.3, -0.25) is 0 Å². The molecule has 0 radical (unpaired) electrons. The normalized spacial score (nSPS) is 24.4. The van der Waals surface area contributed by atoms with Crippen molar-refractivity contribution >= 4 is 0 Å². The van der Waals surface area contributed by atoms with Crippen molar-refractivity contribution in [2.75, 3.05) is 0 Å². The van der Waals surface area contributed by atoms with Crippen LogP contribution >= 0.6 is 0 Å². The van der Waals surface area contributed by atoms with Crippen LogP contribution in [0.5, 0.6) is 5.75 Å². The van der Waals surface area contributed by atoms with Gasteiger partial charge >= 0.3 is 0 Å². The first-order valence-corrected chi connectivity index (χ1v) is 10.4. The van der Waals surface area contributed by atoms with E-state index in [1.54, 1.807) is 0 Å². The Bertz CT molecular complexity index is 1110. The van der Waals surface area contributed by atoms with Gasteiger partial charge in [-0.05, 0) is 65.8 Å². The minimum absolute atomic E-state index is 0.278. The maximum atomic E-state index is 10.2. The van der Waals surface area contributed by atoms with Gasteiger partial charge < -0.3 is 5.11 Å². The van der Waals surface area contributed by atoms with Gasteiger partial charge in [0.25, 0.3) is 0 Å². The number of phenols is 1. The van der Waals surface area contributed by atoms with Gasteiger partial charge in [0, 0.05) is 11.8 Å². The van der Waals surface area contributed by atoms with Crippen LogP contribution in [0.4, 0.5) is 0 Å². The summed E-state index contributed by atoms with van der Waals surface area (Å²) < 4.78 is 0. The summed E-state index contributed by atoms with van der Waals surface area (Å²) in [5.74, 6) is 1.01. The van der Waals surface area contributed by atoms with E-state index < -0.39 is 0 Å². The van der Waals surface area contributed by atoms with Crippen LogP contribution in [0.1, 0.15) is 44.9 Å². The Morgan fingerprint density at radius 3 is 2.17 bits per heavy atom. The number of phenolic OH excluding ortho intramolecular Hbond substituents is 1. The second-order valence-corrected chi connectivity index (χ2v) is 8.52. The molecule has 3 aromatic carbocycles. The molecule has 3 atom stereocenters. The van der Waals surface area contributed by atoms with Crippen LogP contribution in [0.2, 0.25) is 0 Å². The fraction of sp³-hybridized carbons (Fsp3) is 0.214. The zero-order chi connectivity index (χ0) is 20.2. The van der Waals surface area contributed by atoms with Crippen LogP contribution in [-0.4, -0.2) is 5.11 Å². The molecule has 3 unspecified atom stereocenters. The number of hydrogen-bond donors (Lipinski definition) is 1. The molecule has 0 bridgehead atoms. The molecular formula is C28H26O. The zero-order valence-electron chi connectivity index (χ0n) is 17.2. The predicted molar refractivity (Wildman–Crippen MR) is 120 cm³/mol. The molecule has 0 heterocycles. The van der Waals surface area contributed by atoms with Gasteiger partial charge in [0.1, 0.15) is 5.75 Å². The highest BCUT2D eigenvalue weighted by atomic mass is 16.3. The van der Waals surface area contributed by atoms with Crippen molar-refractivity contribution in [1.82, 2.24) is 0 Å². The van der Waals surface area contributed by atoms with Gasteiger partial charge in [0.2, 0.25) is 0 Å². The summed E-state index contributed by atoms with van der Waals surface area (Å²) in [6.07, 6.45) is 9.09. The summed E-state index contributed by atoms with van der Waals surface area (Å²) in [7, 11) is 0. The van der Waals surface area contributed by atoms with Gasteiger partial charge in [0.15, 0.2) is 0 Å². The van der Waals surface area contributed by atoms with Gasteiger partial charge in [-0.25, -0.2) is 0 Å². The lowest BCUT2D eigenvalue weighted by Crippen LogP contribution is -2.35. The molecule has 2 aliphatic carbocycles. The second kappa shape index (κ2) is 6.49. The highest BCUT2D eigenvalue weighted by Gasteiger charge is 2.52. The molecule has 1 N–H and O–H groups in total. The molecule has 2 aliphatic rings. The van der Waals surface area contributed by atoms with Gasteiger partial charge in [-0.15, -0.1) is 0 Å². The van der Waals surface area contributed by atoms with E-state index in [2.05, 4.69) is 92.7 Å². The molecule has 3 aromatic rings. The maximum Gasteiger partial charge on any atom is 0.118 e. The summed E-state index contributed by atoms with van der Waals surface area (Å²) in [4.78, 5) is 0. The Labute approximate surface area is 173 Å². The smallest absolute Gasteiger partial charge is 0.118 e. The lowest BCUT2D eigenvalue weighted by Gasteiger charge is -2.39. The minimum Gasteiger partial charge on any atom is -0.508 e. The molecule has 1 heteroatoms. The molecular weight excluding hydrogens is 352 g/mol. The number of aryl methyl sites for hydroxylation is 3. The van der Waals surface area contributed by atoms with Crippen molar-refractivity contribution in [1.29, 1.82) is 0 Å². The number of benzene rings is 3. The molecule has 0 fully saturated rings. The highest BCUT2D eigenvalue weighted by Crippen LogP contribution is 2.59. The Balaban J connectivity index is 1.90. The molecule has 5 rings (SSSR count). The second-order valence-electron chi connectivity index (χ2n) is 8.52. The number of fused-ring (bicyclic) bond motifs is 3. The highest BCUT2D eigenvalue weighted by molar-refractivity contribution is 5.63. The lowest BCUT2D eigenvalue weighted by atomic mass is 9.62. The monoisotopic (exact) mass is 378 g/mol. The first-order valence-electron chi connectivity index (χ1n) is 10.4. The summed E-state index contributed by atoms with van der Waals surface area (Å²) >= 11 is 0.